The first-order valence-electron chi connectivity index (χ1n) is 8.94. The van der Waals surface area contributed by atoms with E-state index in [1.54, 1.807) is 0 Å². The number of nitrogens with one attached hydrogen (secondary N) is 1. The molecule has 0 spiro atoms. The summed E-state index contributed by atoms with van der Waals surface area (Å²) in [5.41, 5.74) is 2.10. The van der Waals surface area contributed by atoms with E-state index < -0.39 is 6.04 Å². The topological polar surface area (TPSA) is 64.6 Å². The molecule has 0 saturated carbocycles. The van der Waals surface area contributed by atoms with Crippen LogP contribution in [-0.2, 0) is 19.7 Å². The Hall–Kier alpha value is -2.82. The van der Waals surface area contributed by atoms with Crippen molar-refractivity contribution >= 4 is 11.9 Å². The lowest BCUT2D eigenvalue weighted by Gasteiger charge is -2.20. The third-order valence-electron chi connectivity index (χ3n) is 4.23. The molecule has 1 atom stereocenters. The first kappa shape index (κ1) is 20.5. The summed E-state index contributed by atoms with van der Waals surface area (Å²) in [5, 5.41) is 2.84. The third-order valence-corrected chi connectivity index (χ3v) is 4.23. The van der Waals surface area contributed by atoms with Crippen molar-refractivity contribution in [3.05, 3.63) is 65.7 Å². The van der Waals surface area contributed by atoms with Crippen LogP contribution in [0.15, 0.2) is 54.6 Å². The molecule has 0 saturated heterocycles. The van der Waals surface area contributed by atoms with Crippen molar-refractivity contribution in [3.8, 4) is 5.75 Å². The molecule has 0 aromatic heterocycles. The van der Waals surface area contributed by atoms with E-state index in [1.807, 2.05) is 54.6 Å². The van der Waals surface area contributed by atoms with Crippen LogP contribution in [0.2, 0.25) is 0 Å². The molecular formula is C22H27NO4. The van der Waals surface area contributed by atoms with Gasteiger partial charge in [0.1, 0.15) is 5.75 Å². The largest absolute Gasteiger partial charge is 0.484 e. The summed E-state index contributed by atoms with van der Waals surface area (Å²) < 4.78 is 10.3. The van der Waals surface area contributed by atoms with Crippen molar-refractivity contribution in [2.75, 3.05) is 13.7 Å². The third kappa shape index (κ3) is 6.44. The summed E-state index contributed by atoms with van der Waals surface area (Å²) in [6, 6.07) is 16.6. The Morgan fingerprint density at radius 3 is 2.19 bits per heavy atom. The number of esters is 1. The van der Waals surface area contributed by atoms with Crippen LogP contribution in [0.25, 0.3) is 0 Å². The van der Waals surface area contributed by atoms with Crippen molar-refractivity contribution in [2.45, 2.75) is 38.6 Å². The van der Waals surface area contributed by atoms with Crippen molar-refractivity contribution in [1.29, 1.82) is 0 Å². The smallest absolute Gasteiger partial charge is 0.307 e. The fourth-order valence-corrected chi connectivity index (χ4v) is 2.62. The standard InChI is InChI=1S/C22H27NO4/c1-22(2,3)17-10-12-18(13-11-17)27-15-20(24)23-19(14-21(25)26-4)16-8-6-5-7-9-16/h5-13,19H,14-15H2,1-4H3,(H,23,24). The highest BCUT2D eigenvalue weighted by molar-refractivity contribution is 5.79. The van der Waals surface area contributed by atoms with Gasteiger partial charge in [-0.05, 0) is 28.7 Å². The number of ether oxygens (including phenoxy) is 2. The number of methoxy groups -OCH3 is 1. The Kier molecular flexibility index (Phi) is 6.99. The van der Waals surface area contributed by atoms with Crippen LogP contribution >= 0.6 is 0 Å². The monoisotopic (exact) mass is 369 g/mol. The summed E-state index contributed by atoms with van der Waals surface area (Å²) in [4.78, 5) is 24.0. The number of benzene rings is 2. The molecule has 0 aliphatic heterocycles. The van der Waals surface area contributed by atoms with Crippen LogP contribution < -0.4 is 10.1 Å². The van der Waals surface area contributed by atoms with Gasteiger partial charge in [0.05, 0.1) is 19.6 Å². The molecule has 1 unspecified atom stereocenters. The number of carbonyl (C=O) groups excluding carboxylic acids is 2. The zero-order valence-corrected chi connectivity index (χ0v) is 16.3. The molecule has 0 aliphatic carbocycles. The van der Waals surface area contributed by atoms with Gasteiger partial charge in [-0.2, -0.15) is 0 Å². The quantitative estimate of drug-likeness (QED) is 0.754. The molecule has 2 aromatic carbocycles. The Bertz CT molecular complexity index is 748. The second kappa shape index (κ2) is 9.21. The van der Waals surface area contributed by atoms with E-state index in [0.717, 1.165) is 5.56 Å². The first-order chi connectivity index (χ1) is 12.8. The Balaban J connectivity index is 1.96. The molecule has 0 bridgehead atoms. The van der Waals surface area contributed by atoms with Gasteiger partial charge in [-0.3, -0.25) is 9.59 Å². The van der Waals surface area contributed by atoms with Gasteiger partial charge < -0.3 is 14.8 Å². The number of carbonyl (C=O) groups is 2. The van der Waals surface area contributed by atoms with Crippen molar-refractivity contribution in [3.63, 3.8) is 0 Å². The number of rotatable bonds is 7. The average molecular weight is 369 g/mol. The zero-order valence-electron chi connectivity index (χ0n) is 16.3. The summed E-state index contributed by atoms with van der Waals surface area (Å²) in [6.45, 7) is 6.30. The molecule has 144 valence electrons. The molecule has 0 aliphatic rings. The lowest BCUT2D eigenvalue weighted by atomic mass is 9.87. The average Bonchev–Trinajstić information content (AvgIpc) is 2.66. The first-order valence-corrected chi connectivity index (χ1v) is 8.94. The molecule has 2 rings (SSSR count). The van der Waals surface area contributed by atoms with Crippen LogP contribution in [0.1, 0.15) is 44.4 Å². The maximum absolute atomic E-state index is 12.3. The van der Waals surface area contributed by atoms with Crippen LogP contribution in [0.4, 0.5) is 0 Å². The molecule has 1 amide bonds. The van der Waals surface area contributed by atoms with Gasteiger partial charge in [-0.1, -0.05) is 63.2 Å². The molecule has 1 N–H and O–H groups in total. The summed E-state index contributed by atoms with van der Waals surface area (Å²) >= 11 is 0. The zero-order chi connectivity index (χ0) is 19.9. The molecule has 0 fully saturated rings. The van der Waals surface area contributed by atoms with Gasteiger partial charge in [0.2, 0.25) is 0 Å². The van der Waals surface area contributed by atoms with E-state index in [1.165, 1.54) is 12.7 Å². The highest BCUT2D eigenvalue weighted by atomic mass is 16.5. The maximum Gasteiger partial charge on any atom is 0.307 e. The van der Waals surface area contributed by atoms with E-state index in [2.05, 4.69) is 26.1 Å². The summed E-state index contributed by atoms with van der Waals surface area (Å²) in [7, 11) is 1.33. The van der Waals surface area contributed by atoms with Crippen LogP contribution in [0, 0.1) is 0 Å². The van der Waals surface area contributed by atoms with Gasteiger partial charge >= 0.3 is 5.97 Å². The predicted octanol–water partition coefficient (Wildman–Crippen LogP) is 3.78. The minimum absolute atomic E-state index is 0.0620. The van der Waals surface area contributed by atoms with Gasteiger partial charge in [0.25, 0.3) is 5.91 Å². The van der Waals surface area contributed by atoms with E-state index in [0.29, 0.717) is 5.75 Å². The summed E-state index contributed by atoms with van der Waals surface area (Å²) in [5.74, 6) is -0.0575. The fourth-order valence-electron chi connectivity index (χ4n) is 2.62. The van der Waals surface area contributed by atoms with Gasteiger partial charge in [0.15, 0.2) is 6.61 Å². The Morgan fingerprint density at radius 1 is 1.00 bits per heavy atom. The molecule has 27 heavy (non-hydrogen) atoms. The van der Waals surface area contributed by atoms with Crippen LogP contribution in [0.3, 0.4) is 0 Å². The van der Waals surface area contributed by atoms with Gasteiger partial charge in [-0.25, -0.2) is 0 Å². The van der Waals surface area contributed by atoms with Crippen molar-refractivity contribution < 1.29 is 19.1 Å². The lowest BCUT2D eigenvalue weighted by molar-refractivity contribution is -0.141. The number of hydrogen-bond donors (Lipinski definition) is 1. The molecule has 2 aromatic rings. The van der Waals surface area contributed by atoms with E-state index in [9.17, 15) is 9.59 Å². The van der Waals surface area contributed by atoms with Crippen LogP contribution in [-0.4, -0.2) is 25.6 Å². The highest BCUT2D eigenvalue weighted by Crippen LogP contribution is 2.24. The van der Waals surface area contributed by atoms with Crippen LogP contribution in [0.5, 0.6) is 5.75 Å². The predicted molar refractivity (Wildman–Crippen MR) is 105 cm³/mol. The van der Waals surface area contributed by atoms with E-state index in [-0.39, 0.29) is 30.3 Å². The van der Waals surface area contributed by atoms with Crippen molar-refractivity contribution in [2.24, 2.45) is 0 Å². The fraction of sp³-hybridized carbons (Fsp3) is 0.364. The second-order valence-corrected chi connectivity index (χ2v) is 7.37. The van der Waals surface area contributed by atoms with E-state index >= 15 is 0 Å². The molecule has 0 heterocycles. The van der Waals surface area contributed by atoms with Gasteiger partial charge in [0, 0.05) is 0 Å². The minimum Gasteiger partial charge on any atom is -0.484 e. The maximum atomic E-state index is 12.3. The Morgan fingerprint density at radius 2 is 1.63 bits per heavy atom. The second-order valence-electron chi connectivity index (χ2n) is 7.37. The van der Waals surface area contributed by atoms with Crippen molar-refractivity contribution in [1.82, 2.24) is 5.32 Å². The summed E-state index contributed by atoms with van der Waals surface area (Å²) in [6.07, 6.45) is 0.0620. The van der Waals surface area contributed by atoms with E-state index in [4.69, 9.17) is 9.47 Å². The molecular weight excluding hydrogens is 342 g/mol. The Labute approximate surface area is 160 Å². The molecule has 0 radical (unpaired) electrons. The lowest BCUT2D eigenvalue weighted by Crippen LogP contribution is -2.34. The van der Waals surface area contributed by atoms with Gasteiger partial charge in [-0.15, -0.1) is 0 Å². The molecule has 5 heteroatoms. The normalized spacial score (nSPS) is 12.1. The minimum atomic E-state index is -0.460. The molecule has 5 nitrogen and oxygen atoms in total. The highest BCUT2D eigenvalue weighted by Gasteiger charge is 2.19. The SMILES string of the molecule is COC(=O)CC(NC(=O)COc1ccc(C(C)(C)C)cc1)c1ccccc1. The number of hydrogen-bond acceptors (Lipinski definition) is 4. The number of amides is 1.